The van der Waals surface area contributed by atoms with Crippen LogP contribution in [0.3, 0.4) is 0 Å². The lowest BCUT2D eigenvalue weighted by atomic mass is 9.95. The number of anilines is 1. The summed E-state index contributed by atoms with van der Waals surface area (Å²) in [6.07, 6.45) is 7.06. The average Bonchev–Trinajstić information content (AvgIpc) is 2.87. The first-order valence-corrected chi connectivity index (χ1v) is 15.5. The van der Waals surface area contributed by atoms with Gasteiger partial charge in [0.1, 0.15) is 6.04 Å². The Morgan fingerprint density at radius 1 is 0.974 bits per heavy atom. The molecule has 1 N–H and O–H groups in total. The van der Waals surface area contributed by atoms with Crippen molar-refractivity contribution in [2.24, 2.45) is 0 Å². The van der Waals surface area contributed by atoms with E-state index in [1.807, 2.05) is 57.2 Å². The van der Waals surface area contributed by atoms with Crippen LogP contribution in [0.15, 0.2) is 42.5 Å². The number of amides is 2. The van der Waals surface area contributed by atoms with Crippen molar-refractivity contribution in [2.45, 2.75) is 91.3 Å². The van der Waals surface area contributed by atoms with Gasteiger partial charge in [-0.1, -0.05) is 49.6 Å². The zero-order chi connectivity index (χ0) is 27.9. The molecule has 0 unspecified atom stereocenters. The van der Waals surface area contributed by atoms with Crippen LogP contribution in [0.25, 0.3) is 0 Å². The summed E-state index contributed by atoms with van der Waals surface area (Å²) in [7, 11) is -3.52. The fraction of sp³-hybridized carbons (Fsp3) is 0.533. The summed E-state index contributed by atoms with van der Waals surface area (Å²) in [5.74, 6) is -0.292. The Kier molecular flexibility index (Phi) is 10.4. The highest BCUT2D eigenvalue weighted by molar-refractivity contribution is 7.92. The van der Waals surface area contributed by atoms with Crippen molar-refractivity contribution < 1.29 is 18.0 Å². The van der Waals surface area contributed by atoms with Gasteiger partial charge >= 0.3 is 0 Å². The number of hydrogen-bond acceptors (Lipinski definition) is 4. The highest BCUT2D eigenvalue weighted by Gasteiger charge is 2.28. The third-order valence-electron chi connectivity index (χ3n) is 7.65. The Bertz CT molecular complexity index is 1220. The topological polar surface area (TPSA) is 86.8 Å². The Balaban J connectivity index is 1.73. The van der Waals surface area contributed by atoms with Crippen molar-refractivity contribution in [1.29, 1.82) is 0 Å². The molecule has 0 aromatic heterocycles. The molecule has 1 saturated carbocycles. The second-order valence-electron chi connectivity index (χ2n) is 10.7. The van der Waals surface area contributed by atoms with Gasteiger partial charge in [-0.15, -0.1) is 0 Å². The second kappa shape index (κ2) is 13.3. The molecule has 3 rings (SSSR count). The maximum Gasteiger partial charge on any atom is 0.242 e. The van der Waals surface area contributed by atoms with Crippen LogP contribution >= 0.6 is 0 Å². The molecule has 0 heterocycles. The first-order valence-electron chi connectivity index (χ1n) is 13.7. The van der Waals surface area contributed by atoms with Crippen molar-refractivity contribution in [1.82, 2.24) is 10.2 Å². The van der Waals surface area contributed by atoms with E-state index in [2.05, 4.69) is 5.32 Å². The van der Waals surface area contributed by atoms with Gasteiger partial charge in [0.25, 0.3) is 0 Å². The number of benzene rings is 2. The Morgan fingerprint density at radius 2 is 1.66 bits per heavy atom. The molecule has 38 heavy (non-hydrogen) atoms. The molecule has 1 aliphatic carbocycles. The van der Waals surface area contributed by atoms with Crippen molar-refractivity contribution in [3.05, 3.63) is 64.7 Å². The smallest absolute Gasteiger partial charge is 0.242 e. The molecule has 208 valence electrons. The molecular weight excluding hydrogens is 498 g/mol. The van der Waals surface area contributed by atoms with Crippen LogP contribution in [0.2, 0.25) is 0 Å². The molecule has 1 aliphatic rings. The summed E-state index contributed by atoms with van der Waals surface area (Å²) < 4.78 is 26.5. The molecule has 2 aromatic carbocycles. The van der Waals surface area contributed by atoms with E-state index in [0.29, 0.717) is 18.7 Å². The van der Waals surface area contributed by atoms with E-state index in [1.165, 1.54) is 17.0 Å². The molecule has 2 aromatic rings. The highest BCUT2D eigenvalue weighted by Crippen LogP contribution is 2.23. The molecule has 0 saturated heterocycles. The molecule has 0 spiro atoms. The molecule has 2 amide bonds. The van der Waals surface area contributed by atoms with Crippen LogP contribution in [-0.4, -0.2) is 50.0 Å². The normalized spacial score (nSPS) is 15.1. The standard InChI is InChI=1S/C30H43N3O4S/c1-22-17-18-28(20-24(22)3)33(38(5,36)37)19-11-16-29(34)32(21-26-13-10-9-12-23(26)2)25(4)30(35)31-27-14-7-6-8-15-27/h9-10,12-13,17-18,20,25,27H,6-8,11,14-16,19,21H2,1-5H3,(H,31,35)/t25-/m0/s1. The van der Waals surface area contributed by atoms with Gasteiger partial charge in [0.2, 0.25) is 21.8 Å². The van der Waals surface area contributed by atoms with E-state index >= 15 is 0 Å². The highest BCUT2D eigenvalue weighted by atomic mass is 32.2. The van der Waals surface area contributed by atoms with Crippen molar-refractivity contribution >= 4 is 27.5 Å². The molecule has 8 heteroatoms. The van der Waals surface area contributed by atoms with Gasteiger partial charge < -0.3 is 10.2 Å². The van der Waals surface area contributed by atoms with Crippen LogP contribution in [-0.2, 0) is 26.2 Å². The van der Waals surface area contributed by atoms with Gasteiger partial charge in [0.05, 0.1) is 11.9 Å². The van der Waals surface area contributed by atoms with Crippen LogP contribution in [0.4, 0.5) is 5.69 Å². The number of hydrogen-bond donors (Lipinski definition) is 1. The van der Waals surface area contributed by atoms with Gasteiger partial charge in [0, 0.05) is 25.6 Å². The zero-order valence-electron chi connectivity index (χ0n) is 23.5. The van der Waals surface area contributed by atoms with Crippen LogP contribution < -0.4 is 9.62 Å². The van der Waals surface area contributed by atoms with Gasteiger partial charge in [0.15, 0.2) is 0 Å². The second-order valence-corrected chi connectivity index (χ2v) is 12.6. The summed E-state index contributed by atoms with van der Waals surface area (Å²) in [4.78, 5) is 28.4. The van der Waals surface area contributed by atoms with E-state index in [-0.39, 0.29) is 30.8 Å². The predicted molar refractivity (Wildman–Crippen MR) is 154 cm³/mol. The minimum absolute atomic E-state index is 0.133. The Labute approximate surface area is 228 Å². The van der Waals surface area contributed by atoms with Crippen LogP contribution in [0, 0.1) is 20.8 Å². The van der Waals surface area contributed by atoms with E-state index in [0.717, 1.165) is 47.9 Å². The molecule has 1 atom stereocenters. The predicted octanol–water partition coefficient (Wildman–Crippen LogP) is 5.02. The zero-order valence-corrected chi connectivity index (χ0v) is 24.3. The van der Waals surface area contributed by atoms with Crippen molar-refractivity contribution in [3.8, 4) is 0 Å². The lowest BCUT2D eigenvalue weighted by Crippen LogP contribution is -2.50. The van der Waals surface area contributed by atoms with Crippen LogP contribution in [0.1, 0.15) is 74.1 Å². The number of rotatable bonds is 11. The number of sulfonamides is 1. The summed E-state index contributed by atoms with van der Waals surface area (Å²) in [6, 6.07) is 13.0. The fourth-order valence-corrected chi connectivity index (χ4v) is 5.96. The van der Waals surface area contributed by atoms with Gasteiger partial charge in [-0.3, -0.25) is 13.9 Å². The van der Waals surface area contributed by atoms with Gasteiger partial charge in [-0.25, -0.2) is 8.42 Å². The van der Waals surface area contributed by atoms with Crippen molar-refractivity contribution in [2.75, 3.05) is 17.1 Å². The maximum atomic E-state index is 13.5. The molecule has 7 nitrogen and oxygen atoms in total. The minimum atomic E-state index is -3.52. The van der Waals surface area contributed by atoms with E-state index in [9.17, 15) is 18.0 Å². The lowest BCUT2D eigenvalue weighted by Gasteiger charge is -2.32. The SMILES string of the molecule is Cc1ccc(N(CCCC(=O)N(Cc2ccccc2C)[C@@H](C)C(=O)NC2CCCCC2)S(C)(=O)=O)cc1C. The number of nitrogens with one attached hydrogen (secondary N) is 1. The Morgan fingerprint density at radius 3 is 2.29 bits per heavy atom. The fourth-order valence-electron chi connectivity index (χ4n) is 5.01. The van der Waals surface area contributed by atoms with E-state index < -0.39 is 16.1 Å². The summed E-state index contributed by atoms with van der Waals surface area (Å²) in [6.45, 7) is 8.24. The molecule has 1 fully saturated rings. The largest absolute Gasteiger partial charge is 0.352 e. The van der Waals surface area contributed by atoms with E-state index in [1.54, 1.807) is 17.9 Å². The summed E-state index contributed by atoms with van der Waals surface area (Å²) >= 11 is 0. The van der Waals surface area contributed by atoms with E-state index in [4.69, 9.17) is 0 Å². The summed E-state index contributed by atoms with van der Waals surface area (Å²) in [5.41, 5.74) is 4.74. The average molecular weight is 542 g/mol. The molecular formula is C30H43N3O4S. The quantitative estimate of drug-likeness (QED) is 0.433. The number of aryl methyl sites for hydroxylation is 3. The molecule has 0 radical (unpaired) electrons. The first-order chi connectivity index (χ1) is 18.0. The lowest BCUT2D eigenvalue weighted by molar-refractivity contribution is -0.141. The van der Waals surface area contributed by atoms with Gasteiger partial charge in [-0.2, -0.15) is 0 Å². The summed E-state index contributed by atoms with van der Waals surface area (Å²) in [5, 5.41) is 3.16. The van der Waals surface area contributed by atoms with Crippen molar-refractivity contribution in [3.63, 3.8) is 0 Å². The Hall–Kier alpha value is -2.87. The third-order valence-corrected chi connectivity index (χ3v) is 8.85. The molecule has 0 bridgehead atoms. The van der Waals surface area contributed by atoms with Crippen LogP contribution in [0.5, 0.6) is 0 Å². The number of nitrogens with zero attached hydrogens (tertiary/aromatic N) is 2. The number of carbonyl (C=O) groups is 2. The third kappa shape index (κ3) is 8.06. The van der Waals surface area contributed by atoms with Gasteiger partial charge in [-0.05, 0) is 81.3 Å². The maximum absolute atomic E-state index is 13.5. The number of carbonyl (C=O) groups excluding carboxylic acids is 2. The monoisotopic (exact) mass is 541 g/mol. The molecule has 0 aliphatic heterocycles. The first kappa shape index (κ1) is 29.7. The minimum Gasteiger partial charge on any atom is -0.352 e.